The molecule has 8 heteroatoms. The molecule has 7 nitrogen and oxygen atoms in total. The fourth-order valence-electron chi connectivity index (χ4n) is 2.64. The first-order valence-electron chi connectivity index (χ1n) is 7.27. The molecule has 0 spiro atoms. The minimum Gasteiger partial charge on any atom is -0.481 e. The van der Waals surface area contributed by atoms with Crippen molar-refractivity contribution in [2.75, 3.05) is 12.3 Å². The molecule has 3 unspecified atom stereocenters. The van der Waals surface area contributed by atoms with Crippen LogP contribution in [0.15, 0.2) is 0 Å². The van der Waals surface area contributed by atoms with E-state index in [4.69, 9.17) is 5.11 Å². The summed E-state index contributed by atoms with van der Waals surface area (Å²) in [4.78, 5) is 22.9. The standard InChI is InChI=1S/C13H24N2O5S/c1-3-7-21(19,20)15-9(2)12(16)14-8-10-5-4-6-11(10)13(17)18/h9-11,15H,3-8H2,1-2H3,(H,14,16)(H,17,18). The molecule has 0 bridgehead atoms. The summed E-state index contributed by atoms with van der Waals surface area (Å²) in [5.74, 6) is -1.77. The largest absolute Gasteiger partial charge is 0.481 e. The summed E-state index contributed by atoms with van der Waals surface area (Å²) < 4.78 is 25.5. The van der Waals surface area contributed by atoms with E-state index < -0.39 is 33.9 Å². The highest BCUT2D eigenvalue weighted by Crippen LogP contribution is 2.31. The van der Waals surface area contributed by atoms with Crippen molar-refractivity contribution in [3.05, 3.63) is 0 Å². The Morgan fingerprint density at radius 3 is 2.57 bits per heavy atom. The number of carboxylic acids is 1. The summed E-state index contributed by atoms with van der Waals surface area (Å²) in [5, 5.41) is 11.7. The van der Waals surface area contributed by atoms with Gasteiger partial charge in [0.05, 0.1) is 17.7 Å². The van der Waals surface area contributed by atoms with Gasteiger partial charge in [0.1, 0.15) is 0 Å². The molecule has 3 atom stereocenters. The molecule has 0 aromatic carbocycles. The van der Waals surface area contributed by atoms with E-state index in [1.54, 1.807) is 6.92 Å². The average Bonchev–Trinajstić information content (AvgIpc) is 2.83. The number of nitrogens with one attached hydrogen (secondary N) is 2. The van der Waals surface area contributed by atoms with E-state index in [2.05, 4.69) is 10.0 Å². The minimum atomic E-state index is -3.44. The van der Waals surface area contributed by atoms with Crippen molar-refractivity contribution in [3.8, 4) is 0 Å². The van der Waals surface area contributed by atoms with Gasteiger partial charge in [-0.1, -0.05) is 13.3 Å². The van der Waals surface area contributed by atoms with Crippen LogP contribution in [-0.2, 0) is 19.6 Å². The van der Waals surface area contributed by atoms with Gasteiger partial charge in [0.2, 0.25) is 15.9 Å². The Balaban J connectivity index is 2.44. The van der Waals surface area contributed by atoms with Crippen LogP contribution in [0.5, 0.6) is 0 Å². The van der Waals surface area contributed by atoms with Gasteiger partial charge in [-0.2, -0.15) is 0 Å². The van der Waals surface area contributed by atoms with E-state index in [9.17, 15) is 18.0 Å². The predicted octanol–water partition coefficient (Wildman–Crippen LogP) is 0.321. The van der Waals surface area contributed by atoms with E-state index in [0.717, 1.165) is 12.8 Å². The summed E-state index contributed by atoms with van der Waals surface area (Å²) in [7, 11) is -3.44. The van der Waals surface area contributed by atoms with Gasteiger partial charge in [0.25, 0.3) is 0 Å². The summed E-state index contributed by atoms with van der Waals surface area (Å²) in [6, 6.07) is -0.855. The van der Waals surface area contributed by atoms with Gasteiger partial charge < -0.3 is 10.4 Å². The molecular weight excluding hydrogens is 296 g/mol. The van der Waals surface area contributed by atoms with Gasteiger partial charge in [-0.05, 0) is 32.1 Å². The number of rotatable bonds is 8. The fourth-order valence-corrected chi connectivity index (χ4v) is 3.94. The van der Waals surface area contributed by atoms with Crippen LogP contribution in [0.1, 0.15) is 39.5 Å². The normalized spacial score (nSPS) is 23.7. The van der Waals surface area contributed by atoms with Crippen molar-refractivity contribution in [3.63, 3.8) is 0 Å². The van der Waals surface area contributed by atoms with Crippen molar-refractivity contribution in [2.24, 2.45) is 11.8 Å². The molecule has 1 saturated carbocycles. The van der Waals surface area contributed by atoms with Crippen molar-refractivity contribution in [1.82, 2.24) is 10.0 Å². The molecule has 122 valence electrons. The highest BCUT2D eigenvalue weighted by molar-refractivity contribution is 7.89. The highest BCUT2D eigenvalue weighted by Gasteiger charge is 2.33. The summed E-state index contributed by atoms with van der Waals surface area (Å²) in [5.41, 5.74) is 0. The molecule has 0 aliphatic heterocycles. The zero-order valence-electron chi connectivity index (χ0n) is 12.5. The van der Waals surface area contributed by atoms with Crippen molar-refractivity contribution in [2.45, 2.75) is 45.6 Å². The first-order chi connectivity index (χ1) is 9.76. The number of hydrogen-bond donors (Lipinski definition) is 3. The van der Waals surface area contributed by atoms with Crippen LogP contribution in [0, 0.1) is 11.8 Å². The topological polar surface area (TPSA) is 113 Å². The molecule has 0 saturated heterocycles. The molecule has 0 aromatic rings. The Morgan fingerprint density at radius 1 is 1.33 bits per heavy atom. The number of sulfonamides is 1. The van der Waals surface area contributed by atoms with Gasteiger partial charge in [0, 0.05) is 6.54 Å². The third-order valence-corrected chi connectivity index (χ3v) is 5.40. The lowest BCUT2D eigenvalue weighted by molar-refractivity contribution is -0.143. The second-order valence-corrected chi connectivity index (χ2v) is 7.41. The third kappa shape index (κ3) is 5.62. The van der Waals surface area contributed by atoms with Gasteiger partial charge >= 0.3 is 5.97 Å². The zero-order valence-corrected chi connectivity index (χ0v) is 13.3. The number of carbonyl (C=O) groups excluding carboxylic acids is 1. The molecule has 0 heterocycles. The molecule has 1 fully saturated rings. The van der Waals surface area contributed by atoms with Crippen LogP contribution in [-0.4, -0.2) is 43.7 Å². The predicted molar refractivity (Wildman–Crippen MR) is 78.2 cm³/mol. The minimum absolute atomic E-state index is 0.0195. The highest BCUT2D eigenvalue weighted by atomic mass is 32.2. The number of amides is 1. The van der Waals surface area contributed by atoms with Crippen LogP contribution < -0.4 is 10.0 Å². The second-order valence-electron chi connectivity index (χ2n) is 5.54. The second kappa shape index (κ2) is 7.74. The molecule has 1 aliphatic carbocycles. The molecule has 0 radical (unpaired) electrons. The maximum Gasteiger partial charge on any atom is 0.306 e. The summed E-state index contributed by atoms with van der Waals surface area (Å²) >= 11 is 0. The van der Waals surface area contributed by atoms with Crippen molar-refractivity contribution >= 4 is 21.9 Å². The molecule has 1 amide bonds. The van der Waals surface area contributed by atoms with Crippen LogP contribution in [0.25, 0.3) is 0 Å². The number of carbonyl (C=O) groups is 2. The molecular formula is C13H24N2O5S. The Kier molecular flexibility index (Phi) is 6.60. The van der Waals surface area contributed by atoms with Crippen LogP contribution in [0.3, 0.4) is 0 Å². The Bertz CT molecular complexity index is 477. The number of hydrogen-bond acceptors (Lipinski definition) is 4. The van der Waals surface area contributed by atoms with E-state index in [1.165, 1.54) is 6.92 Å². The maximum atomic E-state index is 11.9. The molecule has 3 N–H and O–H groups in total. The molecule has 1 rings (SSSR count). The zero-order chi connectivity index (χ0) is 16.0. The smallest absolute Gasteiger partial charge is 0.306 e. The van der Waals surface area contributed by atoms with Crippen molar-refractivity contribution in [1.29, 1.82) is 0 Å². The Hall–Kier alpha value is -1.15. The van der Waals surface area contributed by atoms with Crippen LogP contribution in [0.4, 0.5) is 0 Å². The first kappa shape index (κ1) is 17.9. The molecule has 21 heavy (non-hydrogen) atoms. The Morgan fingerprint density at radius 2 is 2.00 bits per heavy atom. The summed E-state index contributed by atoms with van der Waals surface area (Å²) in [6.45, 7) is 3.50. The van der Waals surface area contributed by atoms with E-state index in [-0.39, 0.29) is 18.2 Å². The quantitative estimate of drug-likeness (QED) is 0.596. The lowest BCUT2D eigenvalue weighted by atomic mass is 9.96. The molecule has 1 aliphatic rings. The summed E-state index contributed by atoms with van der Waals surface area (Å²) in [6.07, 6.45) is 2.73. The van der Waals surface area contributed by atoms with Crippen LogP contribution >= 0.6 is 0 Å². The third-order valence-electron chi connectivity index (χ3n) is 3.74. The van der Waals surface area contributed by atoms with E-state index >= 15 is 0 Å². The Labute approximate surface area is 125 Å². The fraction of sp³-hybridized carbons (Fsp3) is 0.846. The monoisotopic (exact) mass is 320 g/mol. The van der Waals surface area contributed by atoms with E-state index in [1.807, 2.05) is 0 Å². The molecule has 0 aromatic heterocycles. The van der Waals surface area contributed by atoms with Gasteiger partial charge in [-0.3, -0.25) is 9.59 Å². The number of carboxylic acid groups (broad SMARTS) is 1. The maximum absolute atomic E-state index is 11.9. The average molecular weight is 320 g/mol. The number of aliphatic carboxylic acids is 1. The SMILES string of the molecule is CCCS(=O)(=O)NC(C)C(=O)NCC1CCCC1C(=O)O. The lowest BCUT2D eigenvalue weighted by Gasteiger charge is -2.19. The van der Waals surface area contributed by atoms with Gasteiger partial charge in [-0.15, -0.1) is 0 Å². The lowest BCUT2D eigenvalue weighted by Crippen LogP contribution is -2.46. The van der Waals surface area contributed by atoms with Crippen LogP contribution in [0.2, 0.25) is 0 Å². The first-order valence-corrected chi connectivity index (χ1v) is 8.92. The van der Waals surface area contributed by atoms with E-state index in [0.29, 0.717) is 12.8 Å². The van der Waals surface area contributed by atoms with Gasteiger partial charge in [0.15, 0.2) is 0 Å². The van der Waals surface area contributed by atoms with Crippen molar-refractivity contribution < 1.29 is 23.1 Å². The van der Waals surface area contributed by atoms with Gasteiger partial charge in [-0.25, -0.2) is 13.1 Å².